The molecule has 0 amide bonds. The van der Waals surface area contributed by atoms with Crippen LogP contribution in [-0.4, -0.2) is 64.5 Å². The Bertz CT molecular complexity index is 656. The standard InChI is InChI=1S/C21H33N3O3/c1-21(2,17-7-8-18-19(13-17)27-12-11-26-18)15-23-20(22-3)24(4)9-10-25-14-16-5-6-16/h7-8,13,16H,5-6,9-12,14-15H2,1-4H3,(H,22,23). The molecule has 1 aliphatic heterocycles. The van der Waals surface area contributed by atoms with Crippen LogP contribution in [0.3, 0.4) is 0 Å². The zero-order valence-electron chi connectivity index (χ0n) is 17.1. The molecule has 0 bridgehead atoms. The fourth-order valence-corrected chi connectivity index (χ4v) is 3.09. The third kappa shape index (κ3) is 5.51. The van der Waals surface area contributed by atoms with Crippen molar-refractivity contribution in [2.75, 3.05) is 53.6 Å². The third-order valence-corrected chi connectivity index (χ3v) is 5.21. The molecule has 0 radical (unpaired) electrons. The van der Waals surface area contributed by atoms with E-state index >= 15 is 0 Å². The summed E-state index contributed by atoms with van der Waals surface area (Å²) >= 11 is 0. The second-order valence-corrected chi connectivity index (χ2v) is 8.08. The van der Waals surface area contributed by atoms with Crippen molar-refractivity contribution in [1.82, 2.24) is 10.2 Å². The van der Waals surface area contributed by atoms with Gasteiger partial charge in [-0.1, -0.05) is 19.9 Å². The van der Waals surface area contributed by atoms with Gasteiger partial charge in [0.2, 0.25) is 0 Å². The number of fused-ring (bicyclic) bond motifs is 1. The van der Waals surface area contributed by atoms with Crippen LogP contribution in [0.5, 0.6) is 11.5 Å². The van der Waals surface area contributed by atoms with Gasteiger partial charge >= 0.3 is 0 Å². The van der Waals surface area contributed by atoms with E-state index in [9.17, 15) is 0 Å². The molecule has 1 aromatic carbocycles. The number of benzene rings is 1. The number of aliphatic imine (C=N–C) groups is 1. The number of rotatable bonds is 8. The molecule has 0 atom stereocenters. The number of hydrogen-bond donors (Lipinski definition) is 1. The van der Waals surface area contributed by atoms with Gasteiger partial charge in [0.25, 0.3) is 0 Å². The van der Waals surface area contributed by atoms with E-state index in [0.717, 1.165) is 49.7 Å². The van der Waals surface area contributed by atoms with Crippen molar-refractivity contribution in [1.29, 1.82) is 0 Å². The average Bonchev–Trinajstić information content (AvgIpc) is 3.49. The van der Waals surface area contributed by atoms with Gasteiger partial charge in [-0.2, -0.15) is 0 Å². The quantitative estimate of drug-likeness (QED) is 0.430. The van der Waals surface area contributed by atoms with Gasteiger partial charge in [0.05, 0.1) is 6.61 Å². The Kier molecular flexibility index (Phi) is 6.47. The van der Waals surface area contributed by atoms with E-state index in [1.54, 1.807) is 0 Å². The minimum Gasteiger partial charge on any atom is -0.486 e. The SMILES string of the molecule is CN=C(NCC(C)(C)c1ccc2c(c1)OCCO2)N(C)CCOCC1CC1. The van der Waals surface area contributed by atoms with Crippen molar-refractivity contribution in [2.24, 2.45) is 10.9 Å². The van der Waals surface area contributed by atoms with Crippen LogP contribution in [0.4, 0.5) is 0 Å². The molecule has 2 aliphatic rings. The van der Waals surface area contributed by atoms with E-state index in [2.05, 4.69) is 41.2 Å². The molecule has 27 heavy (non-hydrogen) atoms. The van der Waals surface area contributed by atoms with Gasteiger partial charge in [-0.3, -0.25) is 4.99 Å². The molecule has 1 heterocycles. The van der Waals surface area contributed by atoms with E-state index in [-0.39, 0.29) is 5.41 Å². The lowest BCUT2D eigenvalue weighted by Gasteiger charge is -2.30. The highest BCUT2D eigenvalue weighted by Gasteiger charge is 2.24. The summed E-state index contributed by atoms with van der Waals surface area (Å²) in [5, 5.41) is 3.50. The minimum atomic E-state index is -0.0743. The minimum absolute atomic E-state index is 0.0743. The second-order valence-electron chi connectivity index (χ2n) is 8.08. The summed E-state index contributed by atoms with van der Waals surface area (Å²) in [5.41, 5.74) is 1.14. The summed E-state index contributed by atoms with van der Waals surface area (Å²) in [7, 11) is 3.87. The maximum absolute atomic E-state index is 5.74. The first-order valence-corrected chi connectivity index (χ1v) is 9.89. The van der Waals surface area contributed by atoms with Crippen LogP contribution in [0.2, 0.25) is 0 Å². The number of nitrogens with one attached hydrogen (secondary N) is 1. The number of hydrogen-bond acceptors (Lipinski definition) is 4. The Morgan fingerprint density at radius 1 is 1.26 bits per heavy atom. The predicted molar refractivity (Wildman–Crippen MR) is 108 cm³/mol. The molecule has 0 unspecified atom stereocenters. The lowest BCUT2D eigenvalue weighted by molar-refractivity contribution is 0.115. The summed E-state index contributed by atoms with van der Waals surface area (Å²) < 4.78 is 17.1. The Morgan fingerprint density at radius 3 is 2.70 bits per heavy atom. The molecule has 1 fully saturated rings. The van der Waals surface area contributed by atoms with Crippen molar-refractivity contribution in [3.63, 3.8) is 0 Å². The van der Waals surface area contributed by atoms with Crippen molar-refractivity contribution in [2.45, 2.75) is 32.1 Å². The highest BCUT2D eigenvalue weighted by Crippen LogP contribution is 2.35. The first kappa shape index (κ1) is 19.8. The first-order valence-electron chi connectivity index (χ1n) is 9.89. The zero-order valence-corrected chi connectivity index (χ0v) is 17.1. The molecule has 1 aliphatic carbocycles. The normalized spacial score (nSPS) is 17.0. The van der Waals surface area contributed by atoms with Crippen LogP contribution in [0.15, 0.2) is 23.2 Å². The summed E-state index contributed by atoms with van der Waals surface area (Å²) in [6, 6.07) is 6.21. The molecule has 150 valence electrons. The monoisotopic (exact) mass is 375 g/mol. The van der Waals surface area contributed by atoms with E-state index in [0.29, 0.717) is 13.2 Å². The summed E-state index contributed by atoms with van der Waals surface area (Å²) in [6.45, 7) is 8.90. The average molecular weight is 376 g/mol. The molecule has 6 nitrogen and oxygen atoms in total. The molecule has 0 spiro atoms. The van der Waals surface area contributed by atoms with Gasteiger partial charge in [-0.25, -0.2) is 0 Å². The fourth-order valence-electron chi connectivity index (χ4n) is 3.09. The van der Waals surface area contributed by atoms with Gasteiger partial charge in [-0.05, 0) is 36.5 Å². The van der Waals surface area contributed by atoms with Crippen LogP contribution < -0.4 is 14.8 Å². The predicted octanol–water partition coefficient (Wildman–Crippen LogP) is 2.67. The van der Waals surface area contributed by atoms with Gasteiger partial charge in [0, 0.05) is 39.2 Å². The highest BCUT2D eigenvalue weighted by atomic mass is 16.6. The van der Waals surface area contributed by atoms with E-state index in [4.69, 9.17) is 14.2 Å². The Labute approximate surface area is 162 Å². The van der Waals surface area contributed by atoms with E-state index in [1.807, 2.05) is 20.2 Å². The fraction of sp³-hybridized carbons (Fsp3) is 0.667. The molecule has 1 saturated carbocycles. The second kappa shape index (κ2) is 8.83. The molecule has 3 rings (SSSR count). The smallest absolute Gasteiger partial charge is 0.193 e. The Balaban J connectivity index is 1.51. The number of likely N-dealkylation sites (N-methyl/N-ethyl adjacent to an activating group) is 1. The highest BCUT2D eigenvalue weighted by molar-refractivity contribution is 5.79. The lowest BCUT2D eigenvalue weighted by atomic mass is 9.84. The van der Waals surface area contributed by atoms with Gasteiger partial charge in [0.15, 0.2) is 17.5 Å². The molecular weight excluding hydrogens is 342 g/mol. The molecule has 1 N–H and O–H groups in total. The largest absolute Gasteiger partial charge is 0.486 e. The molecule has 0 saturated heterocycles. The molecule has 0 aromatic heterocycles. The molecule has 6 heteroatoms. The maximum Gasteiger partial charge on any atom is 0.193 e. The molecule has 1 aromatic rings. The van der Waals surface area contributed by atoms with Gasteiger partial charge in [-0.15, -0.1) is 0 Å². The first-order chi connectivity index (χ1) is 13.0. The van der Waals surface area contributed by atoms with E-state index < -0.39 is 0 Å². The number of nitrogens with zero attached hydrogens (tertiary/aromatic N) is 2. The zero-order chi connectivity index (χ0) is 19.3. The topological polar surface area (TPSA) is 55.3 Å². The van der Waals surface area contributed by atoms with Crippen LogP contribution in [0.25, 0.3) is 0 Å². The lowest BCUT2D eigenvalue weighted by Crippen LogP contribution is -2.45. The summed E-state index contributed by atoms with van der Waals surface area (Å²) in [5.74, 6) is 3.35. The number of guanidine groups is 1. The summed E-state index contributed by atoms with van der Waals surface area (Å²) in [4.78, 5) is 6.53. The van der Waals surface area contributed by atoms with Gasteiger partial charge in [0.1, 0.15) is 13.2 Å². The van der Waals surface area contributed by atoms with Crippen LogP contribution in [-0.2, 0) is 10.2 Å². The third-order valence-electron chi connectivity index (χ3n) is 5.21. The van der Waals surface area contributed by atoms with Gasteiger partial charge < -0.3 is 24.4 Å². The Hall–Kier alpha value is -1.95. The van der Waals surface area contributed by atoms with E-state index in [1.165, 1.54) is 18.4 Å². The van der Waals surface area contributed by atoms with Crippen molar-refractivity contribution < 1.29 is 14.2 Å². The van der Waals surface area contributed by atoms with Crippen LogP contribution in [0, 0.1) is 5.92 Å². The van der Waals surface area contributed by atoms with Crippen LogP contribution >= 0.6 is 0 Å². The maximum atomic E-state index is 5.74. The Morgan fingerprint density at radius 2 is 2.00 bits per heavy atom. The van der Waals surface area contributed by atoms with Crippen LogP contribution in [0.1, 0.15) is 32.3 Å². The van der Waals surface area contributed by atoms with Crippen molar-refractivity contribution >= 4 is 5.96 Å². The number of ether oxygens (including phenoxy) is 3. The van der Waals surface area contributed by atoms with Crippen molar-refractivity contribution in [3.8, 4) is 11.5 Å². The molecular formula is C21H33N3O3. The van der Waals surface area contributed by atoms with Crippen molar-refractivity contribution in [3.05, 3.63) is 23.8 Å². The summed E-state index contributed by atoms with van der Waals surface area (Å²) in [6.07, 6.45) is 2.65.